The minimum Gasteiger partial charge on any atom is -0.355 e. The van der Waals surface area contributed by atoms with Crippen molar-refractivity contribution in [2.24, 2.45) is 0 Å². The van der Waals surface area contributed by atoms with E-state index in [-0.39, 0.29) is 11.7 Å². The van der Waals surface area contributed by atoms with Gasteiger partial charge in [-0.3, -0.25) is 9.69 Å². The average molecular weight is 326 g/mol. The van der Waals surface area contributed by atoms with Crippen LogP contribution in [0.4, 0.5) is 4.39 Å². The van der Waals surface area contributed by atoms with Crippen molar-refractivity contribution < 1.29 is 9.18 Å². The first-order valence-electron chi connectivity index (χ1n) is 8.51. The number of carbonyl (C=O) groups is 1. The molecule has 0 fully saturated rings. The molecule has 0 atom stereocenters. The molecule has 4 heteroatoms. The van der Waals surface area contributed by atoms with Gasteiger partial charge in [0.1, 0.15) is 5.82 Å². The van der Waals surface area contributed by atoms with E-state index >= 15 is 0 Å². The Morgan fingerprint density at radius 1 is 1.08 bits per heavy atom. The summed E-state index contributed by atoms with van der Waals surface area (Å²) >= 11 is 0. The van der Waals surface area contributed by atoms with Crippen LogP contribution in [0.5, 0.6) is 0 Å². The number of hydrogen-bond acceptors (Lipinski definition) is 2. The highest BCUT2D eigenvalue weighted by atomic mass is 19.1. The zero-order valence-corrected chi connectivity index (χ0v) is 13.8. The molecule has 2 aromatic rings. The number of benzene rings is 2. The maximum Gasteiger partial charge on any atom is 0.220 e. The average Bonchev–Trinajstić information content (AvgIpc) is 2.61. The van der Waals surface area contributed by atoms with Crippen molar-refractivity contribution in [3.05, 3.63) is 71.0 Å². The standard InChI is InChI=1S/C20H23FN2O/c21-19-8-4-3-6-17(19)9-10-20(24)22-12-14-23-13-11-16-5-1-2-7-18(16)15-23/h1-8H,9-15H2,(H,22,24). The summed E-state index contributed by atoms with van der Waals surface area (Å²) in [5.41, 5.74) is 3.41. The van der Waals surface area contributed by atoms with Crippen LogP contribution < -0.4 is 5.32 Å². The van der Waals surface area contributed by atoms with Crippen LogP contribution in [0, 0.1) is 5.82 Å². The van der Waals surface area contributed by atoms with E-state index in [1.54, 1.807) is 18.2 Å². The molecule has 1 amide bonds. The third-order valence-corrected chi connectivity index (χ3v) is 4.54. The SMILES string of the molecule is O=C(CCc1ccccc1F)NCCN1CCc2ccccc2C1. The Kier molecular flexibility index (Phi) is 5.59. The largest absolute Gasteiger partial charge is 0.355 e. The van der Waals surface area contributed by atoms with Gasteiger partial charge in [-0.15, -0.1) is 0 Å². The number of hydrogen-bond donors (Lipinski definition) is 1. The van der Waals surface area contributed by atoms with E-state index < -0.39 is 0 Å². The summed E-state index contributed by atoms with van der Waals surface area (Å²) < 4.78 is 13.5. The molecule has 1 heterocycles. The molecular weight excluding hydrogens is 303 g/mol. The number of nitrogens with one attached hydrogen (secondary N) is 1. The summed E-state index contributed by atoms with van der Waals surface area (Å²) in [6.45, 7) is 3.46. The number of aryl methyl sites for hydroxylation is 1. The molecule has 0 spiro atoms. The number of halogens is 1. The van der Waals surface area contributed by atoms with Gasteiger partial charge in [-0.1, -0.05) is 42.5 Å². The van der Waals surface area contributed by atoms with E-state index in [4.69, 9.17) is 0 Å². The summed E-state index contributed by atoms with van der Waals surface area (Å²) in [5, 5.41) is 2.94. The van der Waals surface area contributed by atoms with Gasteiger partial charge in [0.25, 0.3) is 0 Å². The van der Waals surface area contributed by atoms with Gasteiger partial charge in [-0.05, 0) is 35.6 Å². The van der Waals surface area contributed by atoms with Gasteiger partial charge in [0.15, 0.2) is 0 Å². The van der Waals surface area contributed by atoms with Gasteiger partial charge in [-0.2, -0.15) is 0 Å². The van der Waals surface area contributed by atoms with E-state index in [0.29, 0.717) is 24.9 Å². The van der Waals surface area contributed by atoms with Crippen LogP contribution in [-0.2, 0) is 24.2 Å². The molecule has 126 valence electrons. The summed E-state index contributed by atoms with van der Waals surface area (Å²) in [5.74, 6) is -0.257. The van der Waals surface area contributed by atoms with Crippen LogP contribution >= 0.6 is 0 Å². The minimum absolute atomic E-state index is 0.0179. The van der Waals surface area contributed by atoms with E-state index in [0.717, 1.165) is 26.1 Å². The molecule has 24 heavy (non-hydrogen) atoms. The Labute approximate surface area is 142 Å². The zero-order chi connectivity index (χ0) is 16.8. The molecular formula is C20H23FN2O. The maximum atomic E-state index is 13.5. The molecule has 0 bridgehead atoms. The van der Waals surface area contributed by atoms with Gasteiger partial charge in [0.05, 0.1) is 0 Å². The van der Waals surface area contributed by atoms with Gasteiger partial charge < -0.3 is 5.32 Å². The van der Waals surface area contributed by atoms with Crippen LogP contribution in [0.1, 0.15) is 23.1 Å². The molecule has 3 rings (SSSR count). The molecule has 0 saturated heterocycles. The van der Waals surface area contributed by atoms with Crippen molar-refractivity contribution in [2.45, 2.75) is 25.8 Å². The molecule has 0 aromatic heterocycles. The number of rotatable bonds is 6. The van der Waals surface area contributed by atoms with E-state index in [9.17, 15) is 9.18 Å². The van der Waals surface area contributed by atoms with Crippen LogP contribution in [0.15, 0.2) is 48.5 Å². The highest BCUT2D eigenvalue weighted by molar-refractivity contribution is 5.76. The minimum atomic E-state index is -0.239. The monoisotopic (exact) mass is 326 g/mol. The lowest BCUT2D eigenvalue weighted by Gasteiger charge is -2.28. The van der Waals surface area contributed by atoms with E-state index in [1.807, 2.05) is 0 Å². The first-order chi connectivity index (χ1) is 11.7. The van der Waals surface area contributed by atoms with Gasteiger partial charge in [-0.25, -0.2) is 4.39 Å². The molecule has 0 saturated carbocycles. The number of nitrogens with zero attached hydrogens (tertiary/aromatic N) is 1. The van der Waals surface area contributed by atoms with Gasteiger partial charge in [0.2, 0.25) is 5.91 Å². The van der Waals surface area contributed by atoms with E-state index in [1.165, 1.54) is 17.2 Å². The first-order valence-corrected chi connectivity index (χ1v) is 8.51. The van der Waals surface area contributed by atoms with Crippen LogP contribution in [-0.4, -0.2) is 30.4 Å². The Hall–Kier alpha value is -2.20. The number of amides is 1. The number of carbonyl (C=O) groups excluding carboxylic acids is 1. The van der Waals surface area contributed by atoms with Crippen LogP contribution in [0.2, 0.25) is 0 Å². The molecule has 2 aromatic carbocycles. The molecule has 0 aliphatic carbocycles. The van der Waals surface area contributed by atoms with Crippen LogP contribution in [0.25, 0.3) is 0 Å². The second-order valence-corrected chi connectivity index (χ2v) is 6.24. The van der Waals surface area contributed by atoms with Gasteiger partial charge in [0, 0.05) is 32.6 Å². The predicted octanol–water partition coefficient (Wildman–Crippen LogP) is 2.93. The van der Waals surface area contributed by atoms with Crippen molar-refractivity contribution in [3.8, 4) is 0 Å². The maximum absolute atomic E-state index is 13.5. The fraction of sp³-hybridized carbons (Fsp3) is 0.350. The molecule has 1 aliphatic rings. The third-order valence-electron chi connectivity index (χ3n) is 4.54. The predicted molar refractivity (Wildman–Crippen MR) is 93.2 cm³/mol. The normalized spacial score (nSPS) is 14.2. The smallest absolute Gasteiger partial charge is 0.220 e. The highest BCUT2D eigenvalue weighted by Crippen LogP contribution is 2.17. The number of fused-ring (bicyclic) bond motifs is 1. The fourth-order valence-corrected chi connectivity index (χ4v) is 3.14. The Balaban J connectivity index is 1.38. The molecule has 1 aliphatic heterocycles. The van der Waals surface area contributed by atoms with Crippen molar-refractivity contribution in [2.75, 3.05) is 19.6 Å². The van der Waals surface area contributed by atoms with Crippen molar-refractivity contribution in [1.82, 2.24) is 10.2 Å². The quantitative estimate of drug-likeness (QED) is 0.885. The summed E-state index contributed by atoms with van der Waals surface area (Å²) in [6, 6.07) is 15.2. The molecule has 1 N–H and O–H groups in total. The summed E-state index contributed by atoms with van der Waals surface area (Å²) in [6.07, 6.45) is 1.83. The Morgan fingerprint density at radius 3 is 2.67 bits per heavy atom. The van der Waals surface area contributed by atoms with Crippen molar-refractivity contribution in [1.29, 1.82) is 0 Å². The lowest BCUT2D eigenvalue weighted by atomic mass is 10.00. The second-order valence-electron chi connectivity index (χ2n) is 6.24. The molecule has 3 nitrogen and oxygen atoms in total. The van der Waals surface area contributed by atoms with Crippen molar-refractivity contribution >= 4 is 5.91 Å². The lowest BCUT2D eigenvalue weighted by molar-refractivity contribution is -0.121. The van der Waals surface area contributed by atoms with Gasteiger partial charge >= 0.3 is 0 Å². The molecule has 0 unspecified atom stereocenters. The summed E-state index contributed by atoms with van der Waals surface area (Å²) in [7, 11) is 0. The topological polar surface area (TPSA) is 32.3 Å². The fourth-order valence-electron chi connectivity index (χ4n) is 3.14. The Bertz CT molecular complexity index is 702. The zero-order valence-electron chi connectivity index (χ0n) is 13.8. The van der Waals surface area contributed by atoms with E-state index in [2.05, 4.69) is 34.5 Å². The Morgan fingerprint density at radius 2 is 1.83 bits per heavy atom. The van der Waals surface area contributed by atoms with Crippen LogP contribution in [0.3, 0.4) is 0 Å². The first kappa shape index (κ1) is 16.7. The third kappa shape index (κ3) is 4.42. The van der Waals surface area contributed by atoms with Crippen molar-refractivity contribution in [3.63, 3.8) is 0 Å². The second kappa shape index (κ2) is 8.06. The lowest BCUT2D eigenvalue weighted by Crippen LogP contribution is -2.37. The summed E-state index contributed by atoms with van der Waals surface area (Å²) in [4.78, 5) is 14.3. The highest BCUT2D eigenvalue weighted by Gasteiger charge is 2.15. The molecule has 0 radical (unpaired) electrons.